The Balaban J connectivity index is 2.03. The molecule has 1 aromatic heterocycles. The van der Waals surface area contributed by atoms with E-state index in [1.807, 2.05) is 24.3 Å². The van der Waals surface area contributed by atoms with Crippen LogP contribution < -0.4 is 10.1 Å². The van der Waals surface area contributed by atoms with Crippen LogP contribution in [0.4, 0.5) is 11.5 Å². The van der Waals surface area contributed by atoms with Crippen LogP contribution in [0.5, 0.6) is 5.75 Å². The van der Waals surface area contributed by atoms with Gasteiger partial charge in [-0.2, -0.15) is 4.98 Å². The Labute approximate surface area is 126 Å². The van der Waals surface area contributed by atoms with Gasteiger partial charge in [-0.25, -0.2) is 4.98 Å². The number of methoxy groups -OCH3 is 1. The van der Waals surface area contributed by atoms with Gasteiger partial charge in [0.25, 0.3) is 0 Å². The molecule has 1 heterocycles. The topological polar surface area (TPSA) is 90.2 Å². The lowest BCUT2D eigenvalue weighted by Gasteiger charge is -2.07. The summed E-state index contributed by atoms with van der Waals surface area (Å²) in [5.74, 6) is 0.881. The van der Waals surface area contributed by atoms with Crippen molar-refractivity contribution in [2.75, 3.05) is 19.0 Å². The SMILES string of the molecule is COc1cccc(CCNc2nc(Cl)ncc2[N+](=O)[O-])c1. The summed E-state index contributed by atoms with van der Waals surface area (Å²) in [5.41, 5.74) is 0.842. The fourth-order valence-corrected chi connectivity index (χ4v) is 1.90. The van der Waals surface area contributed by atoms with Gasteiger partial charge in [-0.1, -0.05) is 12.1 Å². The van der Waals surface area contributed by atoms with Crippen molar-refractivity contribution in [3.63, 3.8) is 0 Å². The van der Waals surface area contributed by atoms with E-state index in [1.54, 1.807) is 7.11 Å². The average Bonchev–Trinajstić information content (AvgIpc) is 2.47. The van der Waals surface area contributed by atoms with Crippen molar-refractivity contribution in [2.45, 2.75) is 6.42 Å². The van der Waals surface area contributed by atoms with Crippen LogP contribution >= 0.6 is 11.6 Å². The number of aromatic nitrogens is 2. The highest BCUT2D eigenvalue weighted by molar-refractivity contribution is 6.28. The molecule has 0 atom stereocenters. The number of hydrogen-bond acceptors (Lipinski definition) is 6. The van der Waals surface area contributed by atoms with Crippen LogP contribution in [0.15, 0.2) is 30.5 Å². The first-order valence-corrected chi connectivity index (χ1v) is 6.51. The Bertz CT molecular complexity index is 651. The second kappa shape index (κ2) is 6.85. The molecule has 0 unspecified atom stereocenters. The number of nitrogens with one attached hydrogen (secondary N) is 1. The zero-order valence-electron chi connectivity index (χ0n) is 11.2. The summed E-state index contributed by atoms with van der Waals surface area (Å²) in [6.45, 7) is 0.474. The van der Waals surface area contributed by atoms with Crippen molar-refractivity contribution < 1.29 is 9.66 Å². The molecule has 0 bridgehead atoms. The molecule has 7 nitrogen and oxygen atoms in total. The van der Waals surface area contributed by atoms with Crippen LogP contribution in [0.3, 0.4) is 0 Å². The molecule has 0 aliphatic carbocycles. The minimum atomic E-state index is -0.551. The van der Waals surface area contributed by atoms with Crippen molar-refractivity contribution in [3.8, 4) is 5.75 Å². The minimum absolute atomic E-state index is 0.0375. The lowest BCUT2D eigenvalue weighted by molar-refractivity contribution is -0.384. The molecule has 1 N–H and O–H groups in total. The Kier molecular flexibility index (Phi) is 4.89. The highest BCUT2D eigenvalue weighted by Gasteiger charge is 2.16. The van der Waals surface area contributed by atoms with Gasteiger partial charge >= 0.3 is 5.69 Å². The van der Waals surface area contributed by atoms with Crippen molar-refractivity contribution in [1.29, 1.82) is 0 Å². The molecule has 0 amide bonds. The van der Waals surface area contributed by atoms with Gasteiger partial charge in [0.2, 0.25) is 11.1 Å². The van der Waals surface area contributed by atoms with Crippen LogP contribution in [0.25, 0.3) is 0 Å². The van der Waals surface area contributed by atoms with Gasteiger partial charge in [-0.15, -0.1) is 0 Å². The number of nitrogens with zero attached hydrogens (tertiary/aromatic N) is 3. The summed E-state index contributed by atoms with van der Waals surface area (Å²) in [6.07, 6.45) is 1.75. The predicted octanol–water partition coefficient (Wildman–Crippen LogP) is 2.70. The third-order valence-electron chi connectivity index (χ3n) is 2.78. The molecule has 0 spiro atoms. The third-order valence-corrected chi connectivity index (χ3v) is 2.96. The number of halogens is 1. The lowest BCUT2D eigenvalue weighted by atomic mass is 10.1. The molecule has 0 aliphatic rings. The maximum absolute atomic E-state index is 10.9. The number of anilines is 1. The van der Waals surface area contributed by atoms with Crippen LogP contribution in [-0.4, -0.2) is 28.5 Å². The fourth-order valence-electron chi connectivity index (χ4n) is 1.77. The maximum Gasteiger partial charge on any atom is 0.329 e. The van der Waals surface area contributed by atoms with E-state index in [0.717, 1.165) is 17.5 Å². The zero-order chi connectivity index (χ0) is 15.2. The number of rotatable bonds is 6. The van der Waals surface area contributed by atoms with Gasteiger partial charge in [0.05, 0.1) is 12.0 Å². The monoisotopic (exact) mass is 308 g/mol. The molecule has 0 radical (unpaired) electrons. The molecule has 110 valence electrons. The Hall–Kier alpha value is -2.41. The van der Waals surface area contributed by atoms with Crippen LogP contribution in [0.1, 0.15) is 5.56 Å². The summed E-state index contributed by atoms with van der Waals surface area (Å²) in [4.78, 5) is 17.8. The normalized spacial score (nSPS) is 10.2. The molecule has 2 aromatic rings. The smallest absolute Gasteiger partial charge is 0.329 e. The second-order valence-electron chi connectivity index (χ2n) is 4.16. The largest absolute Gasteiger partial charge is 0.497 e. The Morgan fingerprint density at radius 1 is 1.48 bits per heavy atom. The van der Waals surface area contributed by atoms with E-state index in [4.69, 9.17) is 16.3 Å². The molecule has 1 aromatic carbocycles. The van der Waals surface area contributed by atoms with E-state index < -0.39 is 4.92 Å². The molecule has 8 heteroatoms. The van der Waals surface area contributed by atoms with Crippen molar-refractivity contribution in [1.82, 2.24) is 9.97 Å². The predicted molar refractivity (Wildman–Crippen MR) is 78.9 cm³/mol. The van der Waals surface area contributed by atoms with E-state index in [0.29, 0.717) is 13.0 Å². The highest BCUT2D eigenvalue weighted by Crippen LogP contribution is 2.22. The molecule has 0 saturated carbocycles. The molecular formula is C13H13ClN4O3. The van der Waals surface area contributed by atoms with Gasteiger partial charge in [0, 0.05) is 6.54 Å². The van der Waals surface area contributed by atoms with Gasteiger partial charge in [0.15, 0.2) is 0 Å². The molecule has 0 aliphatic heterocycles. The first kappa shape index (κ1) is 15.0. The van der Waals surface area contributed by atoms with Crippen LogP contribution in [0.2, 0.25) is 5.28 Å². The van der Waals surface area contributed by atoms with Crippen molar-refractivity contribution >= 4 is 23.1 Å². The number of nitro groups is 1. The van der Waals surface area contributed by atoms with Crippen LogP contribution in [0, 0.1) is 10.1 Å². The van der Waals surface area contributed by atoms with E-state index in [2.05, 4.69) is 15.3 Å². The van der Waals surface area contributed by atoms with Crippen molar-refractivity contribution in [3.05, 3.63) is 51.4 Å². The minimum Gasteiger partial charge on any atom is -0.497 e. The number of ether oxygens (including phenoxy) is 1. The molecular weight excluding hydrogens is 296 g/mol. The highest BCUT2D eigenvalue weighted by atomic mass is 35.5. The van der Waals surface area contributed by atoms with Crippen LogP contribution in [-0.2, 0) is 6.42 Å². The third kappa shape index (κ3) is 4.03. The number of hydrogen-bond donors (Lipinski definition) is 1. The van der Waals surface area contributed by atoms with Gasteiger partial charge in [-0.05, 0) is 35.7 Å². The summed E-state index contributed by atoms with van der Waals surface area (Å²) >= 11 is 5.66. The molecule has 21 heavy (non-hydrogen) atoms. The first-order chi connectivity index (χ1) is 10.1. The quantitative estimate of drug-likeness (QED) is 0.501. The van der Waals surface area contributed by atoms with E-state index in [-0.39, 0.29) is 16.8 Å². The fraction of sp³-hybridized carbons (Fsp3) is 0.231. The molecule has 0 saturated heterocycles. The maximum atomic E-state index is 10.9. The summed E-state index contributed by atoms with van der Waals surface area (Å²) < 4.78 is 5.14. The second-order valence-corrected chi connectivity index (χ2v) is 4.50. The zero-order valence-corrected chi connectivity index (χ0v) is 12.0. The standard InChI is InChI=1S/C13H13ClN4O3/c1-21-10-4-2-3-9(7-10)5-6-15-12-11(18(19)20)8-16-13(14)17-12/h2-4,7-8H,5-6H2,1H3,(H,15,16,17). The van der Waals surface area contributed by atoms with Gasteiger partial charge < -0.3 is 10.1 Å². The Morgan fingerprint density at radius 2 is 2.29 bits per heavy atom. The van der Waals surface area contributed by atoms with E-state index in [1.165, 1.54) is 0 Å². The van der Waals surface area contributed by atoms with Gasteiger partial charge in [-0.3, -0.25) is 10.1 Å². The molecule has 0 fully saturated rings. The lowest BCUT2D eigenvalue weighted by Crippen LogP contribution is -2.09. The molecule has 2 rings (SSSR count). The Morgan fingerprint density at radius 3 is 3.00 bits per heavy atom. The summed E-state index contributed by atoms with van der Waals surface area (Å²) in [6, 6.07) is 7.60. The first-order valence-electron chi connectivity index (χ1n) is 6.14. The van der Waals surface area contributed by atoms with E-state index in [9.17, 15) is 10.1 Å². The summed E-state index contributed by atoms with van der Waals surface area (Å²) in [5, 5.41) is 13.7. The van der Waals surface area contributed by atoms with Crippen molar-refractivity contribution in [2.24, 2.45) is 0 Å². The number of benzene rings is 1. The van der Waals surface area contributed by atoms with Gasteiger partial charge in [0.1, 0.15) is 11.9 Å². The van der Waals surface area contributed by atoms with E-state index >= 15 is 0 Å². The average molecular weight is 309 g/mol. The summed E-state index contributed by atoms with van der Waals surface area (Å²) in [7, 11) is 1.60.